The van der Waals surface area contributed by atoms with E-state index in [1.165, 1.54) is 0 Å². The van der Waals surface area contributed by atoms with Crippen LogP contribution in [-0.4, -0.2) is 36.0 Å². The van der Waals surface area contributed by atoms with Gasteiger partial charge in [-0.15, -0.1) is 0 Å². The second kappa shape index (κ2) is 5.50. The van der Waals surface area contributed by atoms with Crippen LogP contribution >= 0.6 is 0 Å². The van der Waals surface area contributed by atoms with Crippen molar-refractivity contribution in [2.24, 2.45) is 5.73 Å². The average Bonchev–Trinajstić information content (AvgIpc) is 2.39. The van der Waals surface area contributed by atoms with Gasteiger partial charge in [-0.25, -0.2) is 0 Å². The molecule has 2 N–H and O–H groups in total. The fourth-order valence-corrected chi connectivity index (χ4v) is 2.19. The fraction of sp³-hybridized carbons (Fsp3) is 0.500. The molecule has 18 heavy (non-hydrogen) atoms. The van der Waals surface area contributed by atoms with E-state index in [1.807, 2.05) is 42.2 Å². The Morgan fingerprint density at radius 3 is 2.72 bits per heavy atom. The van der Waals surface area contributed by atoms with Crippen LogP contribution in [0.2, 0.25) is 0 Å². The van der Waals surface area contributed by atoms with Gasteiger partial charge in [-0.3, -0.25) is 4.79 Å². The van der Waals surface area contributed by atoms with Gasteiger partial charge in [-0.05, 0) is 19.4 Å². The number of hydrogen-bond acceptors (Lipinski definition) is 3. The first kappa shape index (κ1) is 13.1. The molecule has 0 bridgehead atoms. The smallest absolute Gasteiger partial charge is 0.239 e. The van der Waals surface area contributed by atoms with Crippen LogP contribution in [0.4, 0.5) is 0 Å². The van der Waals surface area contributed by atoms with E-state index in [2.05, 4.69) is 0 Å². The maximum Gasteiger partial charge on any atom is 0.239 e. The SMILES string of the molecule is CC1COC(c2ccccc2)CN1C(=O)[C@@H](C)N. The molecule has 0 aromatic heterocycles. The Morgan fingerprint density at radius 1 is 1.44 bits per heavy atom. The molecule has 0 spiro atoms. The highest BCUT2D eigenvalue weighted by Gasteiger charge is 2.31. The molecule has 2 rings (SSSR count). The van der Waals surface area contributed by atoms with Gasteiger partial charge in [0.25, 0.3) is 0 Å². The van der Waals surface area contributed by atoms with E-state index in [0.717, 1.165) is 5.56 Å². The van der Waals surface area contributed by atoms with Gasteiger partial charge in [0.2, 0.25) is 5.91 Å². The van der Waals surface area contributed by atoms with Gasteiger partial charge < -0.3 is 15.4 Å². The third-order valence-corrected chi connectivity index (χ3v) is 3.28. The minimum Gasteiger partial charge on any atom is -0.370 e. The normalized spacial score (nSPS) is 25.8. The minimum absolute atomic E-state index is 0.00766. The van der Waals surface area contributed by atoms with E-state index < -0.39 is 6.04 Å². The van der Waals surface area contributed by atoms with Crippen LogP contribution in [0.3, 0.4) is 0 Å². The Morgan fingerprint density at radius 2 is 2.11 bits per heavy atom. The molecule has 0 aliphatic carbocycles. The van der Waals surface area contributed by atoms with Crippen LogP contribution in [0.15, 0.2) is 30.3 Å². The van der Waals surface area contributed by atoms with Gasteiger partial charge in [0.05, 0.1) is 25.2 Å². The van der Waals surface area contributed by atoms with Crippen LogP contribution in [0.25, 0.3) is 0 Å². The van der Waals surface area contributed by atoms with Gasteiger partial charge in [-0.2, -0.15) is 0 Å². The number of nitrogens with two attached hydrogens (primary N) is 1. The number of morpholine rings is 1. The third kappa shape index (κ3) is 2.71. The Labute approximate surface area is 108 Å². The molecule has 1 fully saturated rings. The zero-order valence-electron chi connectivity index (χ0n) is 10.9. The van der Waals surface area contributed by atoms with Gasteiger partial charge >= 0.3 is 0 Å². The molecule has 1 saturated heterocycles. The molecule has 1 aliphatic heterocycles. The highest BCUT2D eigenvalue weighted by atomic mass is 16.5. The number of benzene rings is 1. The number of carbonyl (C=O) groups excluding carboxylic acids is 1. The molecule has 1 amide bonds. The summed E-state index contributed by atoms with van der Waals surface area (Å²) in [6, 6.07) is 9.61. The Balaban J connectivity index is 2.12. The lowest BCUT2D eigenvalue weighted by molar-refractivity contribution is -0.145. The molecule has 0 saturated carbocycles. The monoisotopic (exact) mass is 248 g/mol. The van der Waals surface area contributed by atoms with Crippen molar-refractivity contribution < 1.29 is 9.53 Å². The van der Waals surface area contributed by atoms with E-state index in [1.54, 1.807) is 6.92 Å². The summed E-state index contributed by atoms with van der Waals surface area (Å²) >= 11 is 0. The number of rotatable bonds is 2. The molecule has 1 aliphatic rings. The molecule has 98 valence electrons. The highest BCUT2D eigenvalue weighted by molar-refractivity contribution is 5.81. The average molecular weight is 248 g/mol. The summed E-state index contributed by atoms with van der Waals surface area (Å²) in [6.07, 6.45) is -0.0508. The van der Waals surface area contributed by atoms with Gasteiger partial charge in [0.15, 0.2) is 0 Å². The van der Waals surface area contributed by atoms with Crippen LogP contribution in [0.1, 0.15) is 25.5 Å². The maximum absolute atomic E-state index is 12.0. The lowest BCUT2D eigenvalue weighted by Crippen LogP contribution is -2.52. The number of carbonyl (C=O) groups is 1. The second-order valence-corrected chi connectivity index (χ2v) is 4.86. The molecular formula is C14H20N2O2. The van der Waals surface area contributed by atoms with Crippen LogP contribution in [0.5, 0.6) is 0 Å². The molecule has 3 atom stereocenters. The number of nitrogens with zero attached hydrogens (tertiary/aromatic N) is 1. The molecule has 1 aromatic rings. The van der Waals surface area contributed by atoms with Crippen molar-refractivity contribution >= 4 is 5.91 Å². The molecular weight excluding hydrogens is 228 g/mol. The number of amides is 1. The third-order valence-electron chi connectivity index (χ3n) is 3.28. The molecule has 4 heteroatoms. The predicted molar refractivity (Wildman–Crippen MR) is 70.0 cm³/mol. The summed E-state index contributed by atoms with van der Waals surface area (Å²) in [4.78, 5) is 13.9. The highest BCUT2D eigenvalue weighted by Crippen LogP contribution is 2.24. The lowest BCUT2D eigenvalue weighted by Gasteiger charge is -2.39. The zero-order chi connectivity index (χ0) is 13.1. The molecule has 0 radical (unpaired) electrons. The first-order valence-corrected chi connectivity index (χ1v) is 6.32. The van der Waals surface area contributed by atoms with Gasteiger partial charge in [-0.1, -0.05) is 30.3 Å². The molecule has 2 unspecified atom stereocenters. The van der Waals surface area contributed by atoms with Gasteiger partial charge in [0.1, 0.15) is 6.10 Å². The second-order valence-electron chi connectivity index (χ2n) is 4.86. The van der Waals surface area contributed by atoms with Crippen molar-refractivity contribution in [2.75, 3.05) is 13.2 Å². The lowest BCUT2D eigenvalue weighted by atomic mass is 10.1. The van der Waals surface area contributed by atoms with Crippen molar-refractivity contribution in [3.8, 4) is 0 Å². The summed E-state index contributed by atoms with van der Waals surface area (Å²) in [5, 5.41) is 0. The number of hydrogen-bond donors (Lipinski definition) is 1. The summed E-state index contributed by atoms with van der Waals surface area (Å²) in [5.41, 5.74) is 6.78. The standard InChI is InChI=1S/C14H20N2O2/c1-10-9-18-13(12-6-4-3-5-7-12)8-16(10)14(17)11(2)15/h3-7,10-11,13H,8-9,15H2,1-2H3/t10?,11-,13?/m1/s1. The molecule has 4 nitrogen and oxygen atoms in total. The van der Waals surface area contributed by atoms with E-state index in [-0.39, 0.29) is 18.1 Å². The van der Waals surface area contributed by atoms with Crippen molar-refractivity contribution in [2.45, 2.75) is 32.0 Å². The van der Waals surface area contributed by atoms with Crippen molar-refractivity contribution in [1.82, 2.24) is 4.90 Å². The van der Waals surface area contributed by atoms with Crippen LogP contribution < -0.4 is 5.73 Å². The van der Waals surface area contributed by atoms with E-state index in [4.69, 9.17) is 10.5 Å². The van der Waals surface area contributed by atoms with Gasteiger partial charge in [0, 0.05) is 0 Å². The molecule has 1 aromatic carbocycles. The van der Waals surface area contributed by atoms with Crippen molar-refractivity contribution in [1.29, 1.82) is 0 Å². The number of ether oxygens (including phenoxy) is 1. The van der Waals surface area contributed by atoms with E-state index in [0.29, 0.717) is 13.2 Å². The zero-order valence-corrected chi connectivity index (χ0v) is 10.9. The summed E-state index contributed by atoms with van der Waals surface area (Å²) in [5.74, 6) is -0.00766. The van der Waals surface area contributed by atoms with Crippen molar-refractivity contribution in [3.63, 3.8) is 0 Å². The fourth-order valence-electron chi connectivity index (χ4n) is 2.19. The Bertz CT molecular complexity index is 406. The van der Waals surface area contributed by atoms with Crippen molar-refractivity contribution in [3.05, 3.63) is 35.9 Å². The topological polar surface area (TPSA) is 55.6 Å². The molecule has 1 heterocycles. The summed E-state index contributed by atoms with van der Waals surface area (Å²) in [7, 11) is 0. The maximum atomic E-state index is 12.0. The van der Waals surface area contributed by atoms with E-state index in [9.17, 15) is 4.79 Å². The van der Waals surface area contributed by atoms with E-state index >= 15 is 0 Å². The largest absolute Gasteiger partial charge is 0.370 e. The Hall–Kier alpha value is -1.39. The first-order valence-electron chi connectivity index (χ1n) is 6.32. The van der Waals surface area contributed by atoms with Crippen LogP contribution in [0, 0.1) is 0 Å². The quantitative estimate of drug-likeness (QED) is 0.859. The summed E-state index contributed by atoms with van der Waals surface area (Å²) in [6.45, 7) is 4.84. The Kier molecular flexibility index (Phi) is 3.99. The summed E-state index contributed by atoms with van der Waals surface area (Å²) < 4.78 is 5.80. The minimum atomic E-state index is -0.457. The van der Waals surface area contributed by atoms with Crippen LogP contribution in [-0.2, 0) is 9.53 Å². The predicted octanol–water partition coefficient (Wildman–Crippen LogP) is 1.32. The first-order chi connectivity index (χ1) is 8.59.